The monoisotopic (exact) mass is 967 g/mol. The van der Waals surface area contributed by atoms with Crippen LogP contribution in [-0.4, -0.2) is 93.5 Å². The van der Waals surface area contributed by atoms with Gasteiger partial charge in [-0.3, -0.25) is 33.5 Å². The summed E-state index contributed by atoms with van der Waals surface area (Å²) in [6.07, 6.45) is 0.235. The Morgan fingerprint density at radius 2 is 1.38 bits per heavy atom. The molecule has 0 bridgehead atoms. The Morgan fingerprint density at radius 3 is 2.03 bits per heavy atom. The quantitative estimate of drug-likeness (QED) is 0.0305. The van der Waals surface area contributed by atoms with Crippen molar-refractivity contribution >= 4 is 40.5 Å². The number of esters is 1. The summed E-state index contributed by atoms with van der Waals surface area (Å²) in [6.45, 7) is 1.86. The van der Waals surface area contributed by atoms with Gasteiger partial charge < -0.3 is 44.4 Å². The Labute approximate surface area is 410 Å². The number of hydrogen-bond donors (Lipinski definition) is 4. The van der Waals surface area contributed by atoms with E-state index in [9.17, 15) is 28.8 Å². The van der Waals surface area contributed by atoms with Gasteiger partial charge in [0.05, 0.1) is 45.8 Å². The van der Waals surface area contributed by atoms with Gasteiger partial charge in [0.25, 0.3) is 5.56 Å². The average Bonchev–Trinajstić information content (AvgIpc) is 3.80. The minimum absolute atomic E-state index is 0.0414. The third-order valence-corrected chi connectivity index (χ3v) is 12.3. The fourth-order valence-electron chi connectivity index (χ4n) is 8.37. The molecule has 17 nitrogen and oxygen atoms in total. The third-order valence-electron chi connectivity index (χ3n) is 12.3. The highest BCUT2D eigenvalue weighted by Gasteiger charge is 2.44. The molecule has 2 heterocycles. The van der Waals surface area contributed by atoms with E-state index in [4.69, 9.17) is 28.4 Å². The molecule has 5 aromatic carbocycles. The fraction of sp³-hybridized carbons (Fsp3) is 0.296. The summed E-state index contributed by atoms with van der Waals surface area (Å²) in [7, 11) is 6.23. The van der Waals surface area contributed by atoms with Crippen LogP contribution in [0.1, 0.15) is 66.1 Å². The third kappa shape index (κ3) is 12.2. The van der Waals surface area contributed by atoms with E-state index in [0.717, 1.165) is 49.4 Å². The smallest absolute Gasteiger partial charge is 0.330 e. The van der Waals surface area contributed by atoms with Crippen LogP contribution in [-0.2, 0) is 39.0 Å². The van der Waals surface area contributed by atoms with Gasteiger partial charge in [-0.15, -0.1) is 0 Å². The van der Waals surface area contributed by atoms with Crippen molar-refractivity contribution in [2.75, 3.05) is 48.1 Å². The molecule has 0 aliphatic carbocycles. The molecule has 4 atom stereocenters. The van der Waals surface area contributed by atoms with Crippen molar-refractivity contribution in [3.8, 4) is 17.2 Å². The number of fused-ring (bicyclic) bond motifs is 1. The maximum absolute atomic E-state index is 13.5. The van der Waals surface area contributed by atoms with Crippen molar-refractivity contribution in [2.24, 2.45) is 0 Å². The number of carbonyl (C=O) groups excluding carboxylic acids is 4. The van der Waals surface area contributed by atoms with Crippen molar-refractivity contribution in [1.82, 2.24) is 25.5 Å². The van der Waals surface area contributed by atoms with Gasteiger partial charge in [0, 0.05) is 45.3 Å². The molecule has 6 aromatic rings. The molecular weight excluding hydrogens is 911 g/mol. The number of H-pyrrole nitrogens is 1. The molecule has 0 radical (unpaired) electrons. The van der Waals surface area contributed by atoms with Crippen LogP contribution in [0.5, 0.6) is 17.2 Å². The maximum Gasteiger partial charge on any atom is 0.330 e. The minimum Gasteiger partial charge on any atom is -0.497 e. The second-order valence-electron chi connectivity index (χ2n) is 16.7. The predicted molar refractivity (Wildman–Crippen MR) is 265 cm³/mol. The fourth-order valence-corrected chi connectivity index (χ4v) is 8.37. The van der Waals surface area contributed by atoms with E-state index in [1.807, 2.05) is 115 Å². The van der Waals surface area contributed by atoms with Crippen molar-refractivity contribution in [3.05, 3.63) is 176 Å². The summed E-state index contributed by atoms with van der Waals surface area (Å²) in [5.74, 6) is -0.243. The Bertz CT molecular complexity index is 2920. The van der Waals surface area contributed by atoms with E-state index < -0.39 is 53.1 Å². The first-order chi connectivity index (χ1) is 34.3. The largest absolute Gasteiger partial charge is 0.497 e. The van der Waals surface area contributed by atoms with Gasteiger partial charge in [-0.25, -0.2) is 4.79 Å². The molecule has 1 aromatic heterocycles. The van der Waals surface area contributed by atoms with Crippen molar-refractivity contribution in [2.45, 2.75) is 56.1 Å². The van der Waals surface area contributed by atoms with Crippen LogP contribution in [0.15, 0.2) is 137 Å². The van der Waals surface area contributed by atoms with Gasteiger partial charge in [0.15, 0.2) is 0 Å². The molecule has 0 spiro atoms. The number of hydrogen-bond acceptors (Lipinski definition) is 12. The molecule has 17 heteroatoms. The van der Waals surface area contributed by atoms with Gasteiger partial charge in [0.2, 0.25) is 17.7 Å². The summed E-state index contributed by atoms with van der Waals surface area (Å²) < 4.78 is 37.0. The number of amides is 3. The zero-order valence-corrected chi connectivity index (χ0v) is 40.1. The SMILES string of the molecule is CNC(=O)CCC(=O)O[C@@H]1C[C@H](n2cc(C=CC(=O)NCCNC(=O)[C@@H](C)c3ccc4cc(OC)ccc4c3)c(=O)[nH]c2=O)O[C@@H]1COC(c1ccccc1)(c1ccc(OC)cc1)c1ccc(OC)cc1. The van der Waals surface area contributed by atoms with Crippen LogP contribution in [0, 0.1) is 0 Å². The molecular formula is C54H57N5O12. The van der Waals surface area contributed by atoms with Gasteiger partial charge in [-0.2, -0.15) is 0 Å². The number of carbonyl (C=O) groups is 4. The summed E-state index contributed by atoms with van der Waals surface area (Å²) in [4.78, 5) is 80.1. The second kappa shape index (κ2) is 23.5. The first kappa shape index (κ1) is 50.8. The Kier molecular flexibility index (Phi) is 16.8. The molecule has 1 aliphatic heterocycles. The molecule has 0 unspecified atom stereocenters. The van der Waals surface area contributed by atoms with E-state index in [2.05, 4.69) is 20.9 Å². The number of ether oxygens (including phenoxy) is 6. The number of aromatic nitrogens is 2. The molecule has 1 saturated heterocycles. The van der Waals surface area contributed by atoms with E-state index >= 15 is 0 Å². The lowest BCUT2D eigenvalue weighted by atomic mass is 9.80. The standard InChI is InChI=1S/C54H57N5O12/c1-34(35-11-12-37-30-44(68-5)19-13-36(37)29-35)51(63)57-28-27-56-48(61)24-14-38-32-59(53(65)58-52(38)64)49-31-45(71-50(62)26-25-47(60)55-2)46(70-49)33-69-54(39-9-7-6-8-10-39,40-15-20-42(66-3)21-16-40)41-17-22-43(67-4)23-18-41/h6-24,29-30,32,34,45-46,49H,25-28,31,33H2,1-5H3,(H,55,60)(H,56,61)(H,57,63)(H,58,64,65)/t34-,45+,46+,49+/m0/s1. The highest BCUT2D eigenvalue weighted by Crippen LogP contribution is 2.43. The lowest BCUT2D eigenvalue weighted by Gasteiger charge is -2.37. The molecule has 7 rings (SSSR count). The average molecular weight is 968 g/mol. The lowest BCUT2D eigenvalue weighted by Crippen LogP contribution is -2.39. The van der Waals surface area contributed by atoms with Crippen LogP contribution in [0.2, 0.25) is 0 Å². The van der Waals surface area contributed by atoms with Crippen molar-refractivity contribution in [1.29, 1.82) is 0 Å². The van der Waals surface area contributed by atoms with Crippen LogP contribution in [0.25, 0.3) is 16.8 Å². The van der Waals surface area contributed by atoms with Crippen LogP contribution >= 0.6 is 0 Å². The van der Waals surface area contributed by atoms with Gasteiger partial charge in [0.1, 0.15) is 41.3 Å². The van der Waals surface area contributed by atoms with Crippen molar-refractivity contribution < 1.29 is 47.6 Å². The van der Waals surface area contributed by atoms with Crippen LogP contribution < -0.4 is 41.4 Å². The Balaban J connectivity index is 1.07. The van der Waals surface area contributed by atoms with Gasteiger partial charge in [-0.1, -0.05) is 78.9 Å². The summed E-state index contributed by atoms with van der Waals surface area (Å²) in [5, 5.41) is 9.98. The first-order valence-electron chi connectivity index (χ1n) is 23.1. The molecule has 370 valence electrons. The molecule has 3 amide bonds. The van der Waals surface area contributed by atoms with Crippen molar-refractivity contribution in [3.63, 3.8) is 0 Å². The number of benzene rings is 5. The van der Waals surface area contributed by atoms with Crippen LogP contribution in [0.3, 0.4) is 0 Å². The number of methoxy groups -OCH3 is 3. The molecule has 0 saturated carbocycles. The zero-order valence-electron chi connectivity index (χ0n) is 40.1. The number of nitrogens with zero attached hydrogens (tertiary/aromatic N) is 1. The summed E-state index contributed by atoms with van der Waals surface area (Å²) in [5.41, 5.74) is 0.181. The number of nitrogens with one attached hydrogen (secondary N) is 4. The van der Waals surface area contributed by atoms with Gasteiger partial charge >= 0.3 is 11.7 Å². The molecule has 4 N–H and O–H groups in total. The topological polar surface area (TPSA) is 215 Å². The molecule has 1 fully saturated rings. The zero-order chi connectivity index (χ0) is 50.5. The minimum atomic E-state index is -1.28. The van der Waals surface area contributed by atoms with Crippen LogP contribution in [0.4, 0.5) is 0 Å². The van der Waals surface area contributed by atoms with E-state index in [1.165, 1.54) is 19.3 Å². The molecule has 1 aliphatic rings. The Morgan fingerprint density at radius 1 is 0.775 bits per heavy atom. The Hall–Kier alpha value is -8.02. The highest BCUT2D eigenvalue weighted by atomic mass is 16.6. The van der Waals surface area contributed by atoms with E-state index in [1.54, 1.807) is 28.3 Å². The van der Waals surface area contributed by atoms with E-state index in [-0.39, 0.29) is 56.3 Å². The normalized spacial score (nSPS) is 16.0. The number of aromatic amines is 1. The first-order valence-corrected chi connectivity index (χ1v) is 23.1. The van der Waals surface area contributed by atoms with E-state index in [0.29, 0.717) is 11.5 Å². The lowest BCUT2D eigenvalue weighted by molar-refractivity contribution is -0.156. The van der Waals surface area contributed by atoms with Gasteiger partial charge in [-0.05, 0) is 82.4 Å². The summed E-state index contributed by atoms with van der Waals surface area (Å²) >= 11 is 0. The number of rotatable bonds is 21. The highest BCUT2D eigenvalue weighted by molar-refractivity contribution is 5.92. The summed E-state index contributed by atoms with van der Waals surface area (Å²) in [6, 6.07) is 35.9. The predicted octanol–water partition coefficient (Wildman–Crippen LogP) is 5.50. The molecule has 71 heavy (non-hydrogen) atoms. The maximum atomic E-state index is 13.5. The second-order valence-corrected chi connectivity index (χ2v) is 16.7.